The fraction of sp³-hybridized carbons (Fsp3) is 0.360. The SMILES string of the molecule is C/C=C/C=C/C=C1/N(CCCCC)c2ccc3ccc(S(=O)(=O)O)cc3c2C1(C)C. The van der Waals surface area contributed by atoms with Gasteiger partial charge in [0.15, 0.2) is 0 Å². The Balaban J connectivity index is 2.23. The summed E-state index contributed by atoms with van der Waals surface area (Å²) in [5.41, 5.74) is 3.10. The molecule has 0 fully saturated rings. The minimum atomic E-state index is -4.26. The van der Waals surface area contributed by atoms with E-state index in [4.69, 9.17) is 0 Å². The smallest absolute Gasteiger partial charge is 0.294 e. The predicted octanol–water partition coefficient (Wildman–Crippen LogP) is 6.39. The molecular weight excluding hydrogens is 394 g/mol. The number of fused-ring (bicyclic) bond motifs is 3. The van der Waals surface area contributed by atoms with E-state index >= 15 is 0 Å². The number of unbranched alkanes of at least 4 members (excludes halogenated alkanes) is 2. The molecule has 0 saturated carbocycles. The number of allylic oxidation sites excluding steroid dienone is 6. The first-order valence-electron chi connectivity index (χ1n) is 10.5. The number of hydrogen-bond acceptors (Lipinski definition) is 3. The van der Waals surface area contributed by atoms with Crippen LogP contribution in [0.1, 0.15) is 52.5 Å². The van der Waals surface area contributed by atoms with Crippen LogP contribution in [0.4, 0.5) is 5.69 Å². The van der Waals surface area contributed by atoms with Crippen LogP contribution in [0.3, 0.4) is 0 Å². The van der Waals surface area contributed by atoms with E-state index in [-0.39, 0.29) is 10.3 Å². The maximum absolute atomic E-state index is 11.8. The Labute approximate surface area is 180 Å². The molecule has 0 aliphatic carbocycles. The van der Waals surface area contributed by atoms with Crippen LogP contribution in [0.15, 0.2) is 71.3 Å². The van der Waals surface area contributed by atoms with Gasteiger partial charge in [-0.1, -0.05) is 70.0 Å². The lowest BCUT2D eigenvalue weighted by molar-refractivity contribution is 0.483. The van der Waals surface area contributed by atoms with E-state index in [2.05, 4.69) is 43.9 Å². The molecule has 1 N–H and O–H groups in total. The summed E-state index contributed by atoms with van der Waals surface area (Å²) < 4.78 is 33.1. The molecule has 5 heteroatoms. The third kappa shape index (κ3) is 4.23. The molecule has 0 unspecified atom stereocenters. The summed E-state index contributed by atoms with van der Waals surface area (Å²) in [4.78, 5) is 2.30. The first kappa shape index (κ1) is 22.3. The second kappa shape index (κ2) is 8.78. The molecule has 2 aromatic carbocycles. The van der Waals surface area contributed by atoms with E-state index in [9.17, 15) is 13.0 Å². The molecule has 0 atom stereocenters. The van der Waals surface area contributed by atoms with E-state index in [1.54, 1.807) is 12.1 Å². The zero-order valence-corrected chi connectivity index (χ0v) is 19.0. The van der Waals surface area contributed by atoms with Crippen LogP contribution in [-0.2, 0) is 15.5 Å². The van der Waals surface area contributed by atoms with E-state index < -0.39 is 10.1 Å². The second-order valence-corrected chi connectivity index (χ2v) is 9.69. The number of rotatable bonds is 7. The first-order chi connectivity index (χ1) is 14.2. The number of anilines is 1. The monoisotopic (exact) mass is 425 g/mol. The third-order valence-electron chi connectivity index (χ3n) is 5.77. The molecule has 1 aliphatic rings. The minimum absolute atomic E-state index is 0.0675. The van der Waals surface area contributed by atoms with Gasteiger partial charge in [-0.2, -0.15) is 8.42 Å². The number of benzene rings is 2. The average molecular weight is 426 g/mol. The van der Waals surface area contributed by atoms with E-state index in [0.29, 0.717) is 0 Å². The Morgan fingerprint density at radius 1 is 1.07 bits per heavy atom. The summed E-state index contributed by atoms with van der Waals surface area (Å²) in [5, 5.41) is 1.84. The fourth-order valence-corrected chi connectivity index (χ4v) is 4.81. The maximum Gasteiger partial charge on any atom is 0.294 e. The molecule has 2 aromatic rings. The Morgan fingerprint density at radius 2 is 1.80 bits per heavy atom. The lowest BCUT2D eigenvalue weighted by Gasteiger charge is -2.27. The third-order valence-corrected chi connectivity index (χ3v) is 6.62. The molecule has 160 valence electrons. The van der Waals surface area contributed by atoms with Gasteiger partial charge in [0.25, 0.3) is 10.1 Å². The number of nitrogens with zero attached hydrogens (tertiary/aromatic N) is 1. The topological polar surface area (TPSA) is 57.6 Å². The van der Waals surface area contributed by atoms with Crippen molar-refractivity contribution < 1.29 is 13.0 Å². The van der Waals surface area contributed by atoms with Gasteiger partial charge < -0.3 is 4.90 Å². The van der Waals surface area contributed by atoms with Gasteiger partial charge in [-0.15, -0.1) is 0 Å². The maximum atomic E-state index is 11.8. The molecule has 0 amide bonds. The molecule has 3 rings (SSSR count). The van der Waals surface area contributed by atoms with Crippen LogP contribution in [-0.4, -0.2) is 19.5 Å². The van der Waals surface area contributed by atoms with E-state index in [1.165, 1.54) is 11.8 Å². The summed E-state index contributed by atoms with van der Waals surface area (Å²) >= 11 is 0. The second-order valence-electron chi connectivity index (χ2n) is 8.26. The molecule has 4 nitrogen and oxygen atoms in total. The van der Waals surface area contributed by atoms with Gasteiger partial charge in [0, 0.05) is 23.3 Å². The predicted molar refractivity (Wildman–Crippen MR) is 126 cm³/mol. The summed E-state index contributed by atoms with van der Waals surface area (Å²) in [6.45, 7) is 9.46. The Bertz CT molecular complexity index is 1120. The largest absolute Gasteiger partial charge is 0.344 e. The first-order valence-corrected chi connectivity index (χ1v) is 12.0. The Hall–Kier alpha value is -2.37. The van der Waals surface area contributed by atoms with Crippen molar-refractivity contribution >= 4 is 26.6 Å². The van der Waals surface area contributed by atoms with Crippen molar-refractivity contribution in [1.29, 1.82) is 0 Å². The minimum Gasteiger partial charge on any atom is -0.344 e. The van der Waals surface area contributed by atoms with Crippen LogP contribution in [0.5, 0.6) is 0 Å². The lowest BCUT2D eigenvalue weighted by atomic mass is 9.81. The van der Waals surface area contributed by atoms with Crippen LogP contribution in [0, 0.1) is 0 Å². The summed E-state index contributed by atoms with van der Waals surface area (Å²) in [6, 6.07) is 9.00. The van der Waals surface area contributed by atoms with Crippen LogP contribution in [0.2, 0.25) is 0 Å². The van der Waals surface area contributed by atoms with Gasteiger partial charge in [-0.25, -0.2) is 0 Å². The molecule has 0 spiro atoms. The fourth-order valence-electron chi connectivity index (χ4n) is 4.31. The highest BCUT2D eigenvalue weighted by molar-refractivity contribution is 7.85. The van der Waals surface area contributed by atoms with Crippen molar-refractivity contribution in [2.45, 2.75) is 57.3 Å². The Morgan fingerprint density at radius 3 is 2.47 bits per heavy atom. The molecule has 1 heterocycles. The molecule has 0 bridgehead atoms. The summed E-state index contributed by atoms with van der Waals surface area (Å²) in [5.74, 6) is 0. The highest BCUT2D eigenvalue weighted by Gasteiger charge is 2.41. The van der Waals surface area contributed by atoms with Crippen molar-refractivity contribution in [2.24, 2.45) is 0 Å². The van der Waals surface area contributed by atoms with Gasteiger partial charge in [0.1, 0.15) is 0 Å². The van der Waals surface area contributed by atoms with Crippen molar-refractivity contribution in [3.05, 3.63) is 72.0 Å². The van der Waals surface area contributed by atoms with Crippen LogP contribution in [0.25, 0.3) is 10.8 Å². The van der Waals surface area contributed by atoms with Gasteiger partial charge in [-0.05, 0) is 54.0 Å². The van der Waals surface area contributed by atoms with Crippen molar-refractivity contribution in [3.8, 4) is 0 Å². The standard InChI is InChI=1S/C25H31NO3S/c1-5-7-9-10-12-23-25(3,4)24-21-18-20(30(27,28)29)15-13-19(21)14-16-22(24)26(23)17-11-8-6-2/h5,7,9-10,12-16,18H,6,8,11,17H2,1-4H3,(H,27,28,29)/b7-5+,10-9+,23-12+. The zero-order chi connectivity index (χ0) is 21.9. The van der Waals surface area contributed by atoms with Crippen molar-refractivity contribution in [3.63, 3.8) is 0 Å². The molecular formula is C25H31NO3S. The molecule has 30 heavy (non-hydrogen) atoms. The molecule has 0 aromatic heterocycles. The normalized spacial score (nSPS) is 17.6. The van der Waals surface area contributed by atoms with Gasteiger partial charge in [0.2, 0.25) is 0 Å². The summed E-state index contributed by atoms with van der Waals surface area (Å²) in [7, 11) is -4.26. The van der Waals surface area contributed by atoms with Gasteiger partial charge in [-0.3, -0.25) is 4.55 Å². The zero-order valence-electron chi connectivity index (χ0n) is 18.2. The van der Waals surface area contributed by atoms with Crippen molar-refractivity contribution in [1.82, 2.24) is 0 Å². The van der Waals surface area contributed by atoms with Crippen LogP contribution < -0.4 is 4.90 Å². The average Bonchev–Trinajstić information content (AvgIpc) is 2.91. The van der Waals surface area contributed by atoms with Gasteiger partial charge >= 0.3 is 0 Å². The van der Waals surface area contributed by atoms with Gasteiger partial charge in [0.05, 0.1) is 4.90 Å². The summed E-state index contributed by atoms with van der Waals surface area (Å²) in [6.07, 6.45) is 13.6. The Kier molecular flexibility index (Phi) is 6.53. The quantitative estimate of drug-likeness (QED) is 0.317. The highest BCUT2D eigenvalue weighted by Crippen LogP contribution is 2.51. The molecule has 1 aliphatic heterocycles. The van der Waals surface area contributed by atoms with Crippen molar-refractivity contribution in [2.75, 3.05) is 11.4 Å². The van der Waals surface area contributed by atoms with E-state index in [0.717, 1.165) is 47.8 Å². The molecule has 0 radical (unpaired) electrons. The highest BCUT2D eigenvalue weighted by atomic mass is 32.2. The van der Waals surface area contributed by atoms with E-state index in [1.807, 2.05) is 31.2 Å². The molecule has 0 saturated heterocycles. The number of hydrogen-bond donors (Lipinski definition) is 1. The lowest BCUT2D eigenvalue weighted by Crippen LogP contribution is -2.27. The van der Waals surface area contributed by atoms with Crippen LogP contribution >= 0.6 is 0 Å².